The van der Waals surface area contributed by atoms with Gasteiger partial charge in [-0.2, -0.15) is 5.10 Å². The second kappa shape index (κ2) is 7.65. The van der Waals surface area contributed by atoms with E-state index in [9.17, 15) is 0 Å². The lowest BCUT2D eigenvalue weighted by Gasteiger charge is -2.27. The van der Waals surface area contributed by atoms with Gasteiger partial charge in [-0.25, -0.2) is 0 Å². The van der Waals surface area contributed by atoms with Crippen LogP contribution < -0.4 is 5.32 Å². The van der Waals surface area contributed by atoms with Gasteiger partial charge in [0.25, 0.3) is 0 Å². The van der Waals surface area contributed by atoms with E-state index >= 15 is 0 Å². The monoisotopic (exact) mass is 265 g/mol. The Morgan fingerprint density at radius 2 is 2.37 bits per heavy atom. The van der Waals surface area contributed by atoms with Crippen LogP contribution >= 0.6 is 0 Å². The molecule has 0 radical (unpaired) electrons. The fraction of sp³-hybridized carbons (Fsp3) is 0.800. The predicted octanol–water partition coefficient (Wildman–Crippen LogP) is 2.38. The average molecular weight is 265 g/mol. The van der Waals surface area contributed by atoms with Gasteiger partial charge < -0.3 is 10.1 Å². The number of hydrogen-bond donors (Lipinski definition) is 1. The second-order valence-electron chi connectivity index (χ2n) is 5.39. The van der Waals surface area contributed by atoms with Crippen molar-refractivity contribution in [1.82, 2.24) is 15.1 Å². The van der Waals surface area contributed by atoms with Crippen molar-refractivity contribution < 1.29 is 4.74 Å². The Labute approximate surface area is 116 Å². The van der Waals surface area contributed by atoms with E-state index in [4.69, 9.17) is 4.74 Å². The van der Waals surface area contributed by atoms with Gasteiger partial charge in [-0.3, -0.25) is 4.68 Å². The Hall–Kier alpha value is -0.870. The molecule has 1 N–H and O–H groups in total. The molecule has 2 unspecified atom stereocenters. The fourth-order valence-electron chi connectivity index (χ4n) is 2.81. The molecule has 1 aliphatic rings. The quantitative estimate of drug-likeness (QED) is 0.822. The summed E-state index contributed by atoms with van der Waals surface area (Å²) in [5, 5.41) is 7.94. The minimum absolute atomic E-state index is 0.444. The van der Waals surface area contributed by atoms with Crippen molar-refractivity contribution in [2.24, 2.45) is 0 Å². The first kappa shape index (κ1) is 14.5. The normalized spacial score (nSPS) is 21.5. The van der Waals surface area contributed by atoms with E-state index in [-0.39, 0.29) is 0 Å². The first-order chi connectivity index (χ1) is 9.31. The zero-order valence-electron chi connectivity index (χ0n) is 12.3. The van der Waals surface area contributed by atoms with Crippen molar-refractivity contribution in [2.45, 2.75) is 64.6 Å². The van der Waals surface area contributed by atoms with Crippen LogP contribution in [0.4, 0.5) is 0 Å². The number of hydrogen-bond acceptors (Lipinski definition) is 3. The molecule has 4 nitrogen and oxygen atoms in total. The predicted molar refractivity (Wildman–Crippen MR) is 77.3 cm³/mol. The second-order valence-corrected chi connectivity index (χ2v) is 5.39. The summed E-state index contributed by atoms with van der Waals surface area (Å²) in [4.78, 5) is 0. The highest BCUT2D eigenvalue weighted by Gasteiger charge is 2.19. The number of rotatable bonds is 7. The summed E-state index contributed by atoms with van der Waals surface area (Å²) >= 11 is 0. The van der Waals surface area contributed by atoms with Crippen LogP contribution in [0.5, 0.6) is 0 Å². The largest absolute Gasteiger partial charge is 0.378 e. The molecular weight excluding hydrogens is 238 g/mol. The molecule has 2 rings (SSSR count). The topological polar surface area (TPSA) is 39.1 Å². The summed E-state index contributed by atoms with van der Waals surface area (Å²) in [6.07, 6.45) is 10.5. The van der Waals surface area contributed by atoms with Crippen molar-refractivity contribution in [1.29, 1.82) is 0 Å². The molecule has 1 aliphatic heterocycles. The van der Waals surface area contributed by atoms with Crippen LogP contribution in [0.3, 0.4) is 0 Å². The van der Waals surface area contributed by atoms with Crippen LogP contribution in [0, 0.1) is 0 Å². The van der Waals surface area contributed by atoms with Crippen molar-refractivity contribution in [3.63, 3.8) is 0 Å². The van der Waals surface area contributed by atoms with Crippen molar-refractivity contribution >= 4 is 0 Å². The minimum atomic E-state index is 0.444. The molecule has 0 saturated carbocycles. The van der Waals surface area contributed by atoms with Gasteiger partial charge in [0.05, 0.1) is 12.3 Å². The van der Waals surface area contributed by atoms with E-state index < -0.39 is 0 Å². The zero-order valence-corrected chi connectivity index (χ0v) is 12.3. The summed E-state index contributed by atoms with van der Waals surface area (Å²) < 4.78 is 7.85. The molecule has 108 valence electrons. The highest BCUT2D eigenvalue weighted by Crippen LogP contribution is 2.18. The van der Waals surface area contributed by atoms with Gasteiger partial charge in [0.2, 0.25) is 0 Å². The van der Waals surface area contributed by atoms with E-state index in [0.29, 0.717) is 12.1 Å². The summed E-state index contributed by atoms with van der Waals surface area (Å²) in [7, 11) is 0. The Kier molecular flexibility index (Phi) is 5.86. The highest BCUT2D eigenvalue weighted by molar-refractivity contribution is 5.06. The average Bonchev–Trinajstić information content (AvgIpc) is 2.88. The number of ether oxygens (including phenoxy) is 1. The molecule has 2 heterocycles. The number of likely N-dealkylation sites (N-methyl/N-ethyl adjacent to an activating group) is 1. The molecular formula is C15H27N3O. The van der Waals surface area contributed by atoms with Crippen LogP contribution in [0.1, 0.15) is 45.1 Å². The molecule has 1 aromatic rings. The summed E-state index contributed by atoms with van der Waals surface area (Å²) in [6.45, 7) is 7.19. The van der Waals surface area contributed by atoms with E-state index in [0.717, 1.165) is 32.5 Å². The molecule has 0 bridgehead atoms. The Balaban J connectivity index is 1.87. The van der Waals surface area contributed by atoms with Gasteiger partial charge in [0, 0.05) is 25.4 Å². The lowest BCUT2D eigenvalue weighted by molar-refractivity contribution is 0.00535. The molecule has 1 aromatic heterocycles. The van der Waals surface area contributed by atoms with E-state index in [1.165, 1.54) is 24.8 Å². The van der Waals surface area contributed by atoms with Crippen LogP contribution in [-0.4, -0.2) is 35.1 Å². The fourth-order valence-corrected chi connectivity index (χ4v) is 2.81. The molecule has 0 spiro atoms. The highest BCUT2D eigenvalue weighted by atomic mass is 16.5. The maximum Gasteiger partial charge on any atom is 0.0590 e. The van der Waals surface area contributed by atoms with Crippen molar-refractivity contribution in [2.75, 3.05) is 13.2 Å². The molecule has 2 atom stereocenters. The maximum atomic E-state index is 5.86. The molecule has 1 fully saturated rings. The van der Waals surface area contributed by atoms with E-state index in [1.807, 2.05) is 10.9 Å². The molecule has 19 heavy (non-hydrogen) atoms. The third-order valence-electron chi connectivity index (χ3n) is 3.81. The first-order valence-corrected chi connectivity index (χ1v) is 7.68. The lowest BCUT2D eigenvalue weighted by Crippen LogP contribution is -2.36. The van der Waals surface area contributed by atoms with Crippen molar-refractivity contribution in [3.05, 3.63) is 18.0 Å². The minimum Gasteiger partial charge on any atom is -0.378 e. The summed E-state index contributed by atoms with van der Waals surface area (Å²) in [5.74, 6) is 0. The molecule has 4 heteroatoms. The van der Waals surface area contributed by atoms with Crippen LogP contribution in [0.2, 0.25) is 0 Å². The number of aryl methyl sites for hydroxylation is 1. The third-order valence-corrected chi connectivity index (χ3v) is 3.81. The number of nitrogens with one attached hydrogen (secondary N) is 1. The molecule has 0 aliphatic carbocycles. The third kappa shape index (κ3) is 4.62. The molecule has 0 amide bonds. The number of nitrogens with zero attached hydrogens (tertiary/aromatic N) is 2. The Morgan fingerprint density at radius 3 is 3.00 bits per heavy atom. The van der Waals surface area contributed by atoms with Crippen LogP contribution in [0.25, 0.3) is 0 Å². The van der Waals surface area contributed by atoms with Gasteiger partial charge in [-0.05, 0) is 51.1 Å². The van der Waals surface area contributed by atoms with E-state index in [2.05, 4.69) is 30.5 Å². The standard InChI is InChI=1S/C15H27N3O/c1-3-16-14(10-15-7-5-6-8-19-15)9-13-11-17-18(4-2)12-13/h11-12,14-16H,3-10H2,1-2H3. The van der Waals surface area contributed by atoms with Gasteiger partial charge in [0.15, 0.2) is 0 Å². The lowest BCUT2D eigenvalue weighted by atomic mass is 9.98. The van der Waals surface area contributed by atoms with Crippen LogP contribution in [0.15, 0.2) is 12.4 Å². The summed E-state index contributed by atoms with van der Waals surface area (Å²) in [6, 6.07) is 0.502. The first-order valence-electron chi connectivity index (χ1n) is 7.68. The van der Waals surface area contributed by atoms with Gasteiger partial charge in [-0.1, -0.05) is 6.92 Å². The Morgan fingerprint density at radius 1 is 1.47 bits per heavy atom. The van der Waals surface area contributed by atoms with Gasteiger partial charge in [-0.15, -0.1) is 0 Å². The smallest absolute Gasteiger partial charge is 0.0590 e. The van der Waals surface area contributed by atoms with Crippen molar-refractivity contribution in [3.8, 4) is 0 Å². The van der Waals surface area contributed by atoms with Gasteiger partial charge >= 0.3 is 0 Å². The maximum absolute atomic E-state index is 5.86. The Bertz CT molecular complexity index is 358. The van der Waals surface area contributed by atoms with Gasteiger partial charge in [0.1, 0.15) is 0 Å². The summed E-state index contributed by atoms with van der Waals surface area (Å²) in [5.41, 5.74) is 1.32. The molecule has 0 aromatic carbocycles. The SMILES string of the molecule is CCNC(Cc1cnn(CC)c1)CC1CCCCO1. The molecule has 1 saturated heterocycles. The van der Waals surface area contributed by atoms with E-state index in [1.54, 1.807) is 0 Å². The van der Waals surface area contributed by atoms with Crippen LogP contribution in [-0.2, 0) is 17.7 Å². The zero-order chi connectivity index (χ0) is 13.5. The number of aromatic nitrogens is 2.